The summed E-state index contributed by atoms with van der Waals surface area (Å²) in [5, 5.41) is 6.62. The second-order valence-corrected chi connectivity index (χ2v) is 3.66. The van der Waals surface area contributed by atoms with Gasteiger partial charge in [0, 0.05) is 13.1 Å². The highest BCUT2D eigenvalue weighted by molar-refractivity contribution is 5.52. The van der Waals surface area contributed by atoms with Crippen molar-refractivity contribution in [2.24, 2.45) is 0 Å². The maximum absolute atomic E-state index is 4.53. The lowest BCUT2D eigenvalue weighted by atomic mass is 10.1. The third-order valence-corrected chi connectivity index (χ3v) is 2.45. The van der Waals surface area contributed by atoms with Crippen LogP contribution in [0.3, 0.4) is 0 Å². The third kappa shape index (κ3) is 1.97. The van der Waals surface area contributed by atoms with E-state index in [1.54, 1.807) is 0 Å². The summed E-state index contributed by atoms with van der Waals surface area (Å²) in [7, 11) is 0. The van der Waals surface area contributed by atoms with Crippen LogP contribution in [-0.2, 0) is 6.42 Å². The molecule has 1 aliphatic rings. The number of nitrogens with one attached hydrogen (secondary N) is 2. The van der Waals surface area contributed by atoms with E-state index in [1.165, 1.54) is 12.0 Å². The van der Waals surface area contributed by atoms with Crippen LogP contribution < -0.4 is 10.6 Å². The van der Waals surface area contributed by atoms with Gasteiger partial charge >= 0.3 is 0 Å². The Balaban J connectivity index is 2.12. The van der Waals surface area contributed by atoms with Gasteiger partial charge in [0.2, 0.25) is 0 Å². The molecule has 2 heterocycles. The molecule has 14 heavy (non-hydrogen) atoms. The van der Waals surface area contributed by atoms with Gasteiger partial charge in [-0.2, -0.15) is 0 Å². The molecular weight excluding hydrogens is 174 g/mol. The van der Waals surface area contributed by atoms with Crippen LogP contribution in [0.25, 0.3) is 0 Å². The number of fused-ring (bicyclic) bond motifs is 1. The monoisotopic (exact) mass is 191 g/mol. The van der Waals surface area contributed by atoms with E-state index in [0.29, 0.717) is 0 Å². The van der Waals surface area contributed by atoms with E-state index in [4.69, 9.17) is 0 Å². The Labute approximate surface area is 84.9 Å². The van der Waals surface area contributed by atoms with Gasteiger partial charge in [0.15, 0.2) is 0 Å². The summed E-state index contributed by atoms with van der Waals surface area (Å²) in [5.41, 5.74) is 1.35. The van der Waals surface area contributed by atoms with Gasteiger partial charge in [-0.15, -0.1) is 0 Å². The number of pyridine rings is 1. The smallest absolute Gasteiger partial charge is 0.131 e. The molecule has 0 saturated carbocycles. The van der Waals surface area contributed by atoms with Crippen LogP contribution >= 0.6 is 0 Å². The molecule has 0 amide bonds. The number of rotatable bonds is 3. The van der Waals surface area contributed by atoms with Gasteiger partial charge in [0.1, 0.15) is 11.6 Å². The maximum atomic E-state index is 4.53. The minimum Gasteiger partial charge on any atom is -0.370 e. The first-order chi connectivity index (χ1) is 6.90. The topological polar surface area (TPSA) is 37.0 Å². The molecule has 0 aliphatic carbocycles. The summed E-state index contributed by atoms with van der Waals surface area (Å²) in [4.78, 5) is 4.53. The van der Waals surface area contributed by atoms with Crippen molar-refractivity contribution in [2.45, 2.75) is 26.2 Å². The molecule has 0 saturated heterocycles. The minimum absolute atomic E-state index is 0.986. The fourth-order valence-corrected chi connectivity index (χ4v) is 1.68. The quantitative estimate of drug-likeness (QED) is 0.769. The summed E-state index contributed by atoms with van der Waals surface area (Å²) in [6.07, 6.45) is 3.51. The summed E-state index contributed by atoms with van der Waals surface area (Å²) in [6.45, 7) is 4.20. The number of nitrogens with zero attached hydrogens (tertiary/aromatic N) is 1. The zero-order valence-corrected chi connectivity index (χ0v) is 8.64. The highest BCUT2D eigenvalue weighted by Crippen LogP contribution is 2.21. The molecule has 2 N–H and O–H groups in total. The molecule has 0 fully saturated rings. The van der Waals surface area contributed by atoms with Crippen molar-refractivity contribution in [3.8, 4) is 0 Å². The molecule has 2 rings (SSSR count). The third-order valence-electron chi connectivity index (χ3n) is 2.45. The predicted octanol–water partition coefficient (Wildman–Crippen LogP) is 2.26. The highest BCUT2D eigenvalue weighted by atomic mass is 15.1. The van der Waals surface area contributed by atoms with Crippen LogP contribution in [-0.4, -0.2) is 18.1 Å². The Morgan fingerprint density at radius 1 is 1.50 bits per heavy atom. The van der Waals surface area contributed by atoms with Crippen molar-refractivity contribution in [1.82, 2.24) is 4.98 Å². The first kappa shape index (κ1) is 9.31. The van der Waals surface area contributed by atoms with Gasteiger partial charge in [0.25, 0.3) is 0 Å². The predicted molar refractivity (Wildman–Crippen MR) is 59.8 cm³/mol. The number of hydrogen-bond acceptors (Lipinski definition) is 3. The van der Waals surface area contributed by atoms with Crippen LogP contribution in [0, 0.1) is 0 Å². The molecule has 0 radical (unpaired) electrons. The minimum atomic E-state index is 0.986. The summed E-state index contributed by atoms with van der Waals surface area (Å²) in [6, 6.07) is 4.24. The number of anilines is 2. The van der Waals surface area contributed by atoms with Crippen molar-refractivity contribution in [3.05, 3.63) is 17.7 Å². The molecule has 3 nitrogen and oxygen atoms in total. The van der Waals surface area contributed by atoms with Gasteiger partial charge in [-0.25, -0.2) is 4.98 Å². The molecule has 0 aromatic carbocycles. The van der Waals surface area contributed by atoms with E-state index < -0.39 is 0 Å². The molecule has 1 aromatic heterocycles. The van der Waals surface area contributed by atoms with Crippen LogP contribution in [0.5, 0.6) is 0 Å². The molecule has 0 atom stereocenters. The van der Waals surface area contributed by atoms with E-state index in [1.807, 2.05) is 0 Å². The fraction of sp³-hybridized carbons (Fsp3) is 0.545. The van der Waals surface area contributed by atoms with Gasteiger partial charge in [-0.3, -0.25) is 0 Å². The van der Waals surface area contributed by atoms with Crippen molar-refractivity contribution < 1.29 is 0 Å². The lowest BCUT2D eigenvalue weighted by Gasteiger charge is -2.17. The summed E-state index contributed by atoms with van der Waals surface area (Å²) < 4.78 is 0. The van der Waals surface area contributed by atoms with Crippen molar-refractivity contribution in [2.75, 3.05) is 23.7 Å². The van der Waals surface area contributed by atoms with Crippen molar-refractivity contribution in [1.29, 1.82) is 0 Å². The average Bonchev–Trinajstić information content (AvgIpc) is 2.26. The molecular formula is C11H17N3. The summed E-state index contributed by atoms with van der Waals surface area (Å²) >= 11 is 0. The van der Waals surface area contributed by atoms with Crippen LogP contribution in [0.4, 0.5) is 11.6 Å². The molecule has 1 aromatic rings. The first-order valence-electron chi connectivity index (χ1n) is 5.38. The van der Waals surface area contributed by atoms with E-state index in [9.17, 15) is 0 Å². The van der Waals surface area contributed by atoms with Gasteiger partial charge < -0.3 is 10.6 Å². The van der Waals surface area contributed by atoms with Gasteiger partial charge in [-0.05, 0) is 30.9 Å². The zero-order valence-electron chi connectivity index (χ0n) is 8.64. The normalized spacial score (nSPS) is 14.4. The maximum Gasteiger partial charge on any atom is 0.131 e. The first-order valence-corrected chi connectivity index (χ1v) is 5.38. The molecule has 76 valence electrons. The molecule has 0 bridgehead atoms. The summed E-state index contributed by atoms with van der Waals surface area (Å²) in [5.74, 6) is 2.05. The lowest BCUT2D eigenvalue weighted by Crippen LogP contribution is -2.14. The van der Waals surface area contributed by atoms with Crippen LogP contribution in [0.1, 0.15) is 25.3 Å². The molecule has 0 spiro atoms. The Hall–Kier alpha value is -1.25. The number of aryl methyl sites for hydroxylation is 1. The van der Waals surface area contributed by atoms with Crippen molar-refractivity contribution in [3.63, 3.8) is 0 Å². The molecule has 3 heteroatoms. The van der Waals surface area contributed by atoms with Crippen molar-refractivity contribution >= 4 is 11.6 Å². The largest absolute Gasteiger partial charge is 0.370 e. The number of hydrogen-bond donors (Lipinski definition) is 2. The zero-order chi connectivity index (χ0) is 9.80. The Bertz CT molecular complexity index is 309. The average molecular weight is 191 g/mol. The Kier molecular flexibility index (Phi) is 2.87. The van der Waals surface area contributed by atoms with Gasteiger partial charge in [0.05, 0.1) is 0 Å². The SMILES string of the molecule is CCCNc1ccc2c(n1)NCCC2. The van der Waals surface area contributed by atoms with Crippen LogP contribution in [0.15, 0.2) is 12.1 Å². The van der Waals surface area contributed by atoms with Crippen LogP contribution in [0.2, 0.25) is 0 Å². The van der Waals surface area contributed by atoms with Gasteiger partial charge in [-0.1, -0.05) is 13.0 Å². The Morgan fingerprint density at radius 2 is 2.43 bits per heavy atom. The highest BCUT2D eigenvalue weighted by Gasteiger charge is 2.09. The molecule has 0 unspecified atom stereocenters. The second-order valence-electron chi connectivity index (χ2n) is 3.66. The van der Waals surface area contributed by atoms with E-state index in [-0.39, 0.29) is 0 Å². The second kappa shape index (κ2) is 4.31. The lowest BCUT2D eigenvalue weighted by molar-refractivity contribution is 0.817. The standard InChI is InChI=1S/C11H17N3/c1-2-7-12-10-6-5-9-4-3-8-13-11(9)14-10/h5-6H,2-4,7-8H2,1H3,(H2,12,13,14). The van der Waals surface area contributed by atoms with E-state index >= 15 is 0 Å². The van der Waals surface area contributed by atoms with E-state index in [2.05, 4.69) is 34.7 Å². The molecule has 1 aliphatic heterocycles. The fourth-order valence-electron chi connectivity index (χ4n) is 1.68. The van der Waals surface area contributed by atoms with E-state index in [0.717, 1.165) is 37.6 Å². The number of aromatic nitrogens is 1. The Morgan fingerprint density at radius 3 is 3.29 bits per heavy atom.